The molecule has 0 fully saturated rings. The van der Waals surface area contributed by atoms with Crippen molar-refractivity contribution in [2.75, 3.05) is 19.8 Å². The van der Waals surface area contributed by atoms with Gasteiger partial charge < -0.3 is 25.2 Å². The number of aliphatic hydroxyl groups is 1. The van der Waals surface area contributed by atoms with E-state index in [0.29, 0.717) is 12.8 Å². The molecule has 1 amide bonds. The molecule has 0 bridgehead atoms. The van der Waals surface area contributed by atoms with E-state index in [9.17, 15) is 34.1 Å². The molecular formula is C44H76NO10P. The van der Waals surface area contributed by atoms with Crippen molar-refractivity contribution in [3.8, 4) is 0 Å². The molecule has 0 saturated carbocycles. The van der Waals surface area contributed by atoms with E-state index in [-0.39, 0.29) is 12.8 Å². The lowest BCUT2D eigenvalue weighted by Gasteiger charge is -2.18. The number of aliphatic hydroxyl groups excluding tert-OH is 1. The van der Waals surface area contributed by atoms with E-state index in [2.05, 4.69) is 79.9 Å². The fraction of sp³-hybridized carbons (Fsp3) is 0.705. The number of carbonyl (C=O) groups is 3. The minimum Gasteiger partial charge on any atom is -0.480 e. The Bertz CT molecular complexity index is 1180. The van der Waals surface area contributed by atoms with Crippen LogP contribution in [0.5, 0.6) is 0 Å². The second-order valence-corrected chi connectivity index (χ2v) is 15.6. The number of carbonyl (C=O) groups excluding carboxylic acids is 2. The average Bonchev–Trinajstić information content (AvgIpc) is 3.17. The van der Waals surface area contributed by atoms with Gasteiger partial charge in [0, 0.05) is 12.8 Å². The van der Waals surface area contributed by atoms with E-state index in [1.54, 1.807) is 0 Å². The number of esters is 1. The molecule has 3 atom stereocenters. The summed E-state index contributed by atoms with van der Waals surface area (Å²) in [6.07, 6.45) is 43.9. The fourth-order valence-electron chi connectivity index (χ4n) is 5.48. The zero-order valence-electron chi connectivity index (χ0n) is 34.7. The normalized spacial score (nSPS) is 14.4. The van der Waals surface area contributed by atoms with E-state index >= 15 is 0 Å². The number of ether oxygens (including phenoxy) is 1. The number of hydrogen-bond acceptors (Lipinski definition) is 8. The molecule has 3 unspecified atom stereocenters. The predicted molar refractivity (Wildman–Crippen MR) is 226 cm³/mol. The molecule has 0 spiro atoms. The van der Waals surface area contributed by atoms with Gasteiger partial charge in [-0.15, -0.1) is 0 Å². The predicted octanol–water partition coefficient (Wildman–Crippen LogP) is 10.8. The molecule has 0 aliphatic heterocycles. The van der Waals surface area contributed by atoms with Crippen molar-refractivity contribution >= 4 is 25.7 Å². The van der Waals surface area contributed by atoms with Gasteiger partial charge in [0.15, 0.2) is 6.04 Å². The number of nitrogens with one attached hydrogen (secondary N) is 1. The number of allylic oxidation sites excluding steroid dienone is 10. The van der Waals surface area contributed by atoms with Crippen LogP contribution in [-0.4, -0.2) is 64.9 Å². The highest BCUT2D eigenvalue weighted by Gasteiger charge is 2.28. The van der Waals surface area contributed by atoms with Gasteiger partial charge in [0.05, 0.1) is 13.2 Å². The molecule has 0 saturated heterocycles. The van der Waals surface area contributed by atoms with E-state index < -0.39 is 57.6 Å². The van der Waals surface area contributed by atoms with Crippen molar-refractivity contribution in [3.63, 3.8) is 0 Å². The fourth-order valence-corrected chi connectivity index (χ4v) is 6.25. The van der Waals surface area contributed by atoms with Gasteiger partial charge in [0.2, 0.25) is 5.91 Å². The quantitative estimate of drug-likeness (QED) is 0.0203. The number of amides is 1. The summed E-state index contributed by atoms with van der Waals surface area (Å²) in [5, 5.41) is 21.8. The van der Waals surface area contributed by atoms with Crippen LogP contribution in [0.25, 0.3) is 0 Å². The summed E-state index contributed by atoms with van der Waals surface area (Å²) in [6.45, 7) is 2.41. The molecule has 12 heteroatoms. The summed E-state index contributed by atoms with van der Waals surface area (Å²) < 4.78 is 26.8. The Morgan fingerprint density at radius 1 is 0.589 bits per heavy atom. The highest BCUT2D eigenvalue weighted by molar-refractivity contribution is 7.47. The molecule has 0 aromatic rings. The number of phosphoric ester groups is 1. The summed E-state index contributed by atoms with van der Waals surface area (Å²) in [4.78, 5) is 45.9. The zero-order chi connectivity index (χ0) is 41.4. The van der Waals surface area contributed by atoms with Crippen LogP contribution in [0.1, 0.15) is 168 Å². The lowest BCUT2D eigenvalue weighted by molar-refractivity contribution is -0.147. The van der Waals surface area contributed by atoms with E-state index in [1.165, 1.54) is 51.4 Å². The van der Waals surface area contributed by atoms with Crippen LogP contribution in [0.3, 0.4) is 0 Å². The van der Waals surface area contributed by atoms with Gasteiger partial charge in [-0.2, -0.15) is 0 Å². The van der Waals surface area contributed by atoms with E-state index in [0.717, 1.165) is 77.0 Å². The highest BCUT2D eigenvalue weighted by atomic mass is 31.2. The van der Waals surface area contributed by atoms with Crippen molar-refractivity contribution in [1.29, 1.82) is 0 Å². The lowest BCUT2D eigenvalue weighted by Crippen LogP contribution is -2.43. The van der Waals surface area contributed by atoms with Crippen molar-refractivity contribution in [3.05, 3.63) is 60.8 Å². The van der Waals surface area contributed by atoms with Gasteiger partial charge in [0.1, 0.15) is 12.7 Å². The summed E-state index contributed by atoms with van der Waals surface area (Å²) in [5.41, 5.74) is 0. The Morgan fingerprint density at radius 3 is 1.57 bits per heavy atom. The highest BCUT2D eigenvalue weighted by Crippen LogP contribution is 2.43. The van der Waals surface area contributed by atoms with E-state index in [4.69, 9.17) is 13.8 Å². The molecule has 0 heterocycles. The van der Waals surface area contributed by atoms with Gasteiger partial charge in [-0.1, -0.05) is 139 Å². The SMILES string of the molecule is CC/C=C\C/C=C\C/C=C\CCCCCC(=O)OCC(O)COP(=O)(O)OCC(NC(=O)CCCCCCCCCCC/C=C\C/C=C\CCCCC)C(=O)O. The maximum absolute atomic E-state index is 12.3. The van der Waals surface area contributed by atoms with Gasteiger partial charge in [-0.3, -0.25) is 18.6 Å². The Hall–Kier alpha value is -2.82. The molecule has 11 nitrogen and oxygen atoms in total. The summed E-state index contributed by atoms with van der Waals surface area (Å²) in [5.74, 6) is -2.42. The summed E-state index contributed by atoms with van der Waals surface area (Å²) >= 11 is 0. The van der Waals surface area contributed by atoms with Crippen molar-refractivity contribution in [2.45, 2.75) is 180 Å². The van der Waals surface area contributed by atoms with Crippen molar-refractivity contribution in [1.82, 2.24) is 5.32 Å². The van der Waals surface area contributed by atoms with Crippen molar-refractivity contribution in [2.24, 2.45) is 0 Å². The maximum atomic E-state index is 12.3. The first kappa shape index (κ1) is 53.2. The van der Waals surface area contributed by atoms with Gasteiger partial charge >= 0.3 is 19.8 Å². The van der Waals surface area contributed by atoms with Crippen LogP contribution >= 0.6 is 7.82 Å². The van der Waals surface area contributed by atoms with Gasteiger partial charge in [-0.05, 0) is 77.0 Å². The first-order valence-corrected chi connectivity index (χ1v) is 22.8. The largest absolute Gasteiger partial charge is 0.480 e. The molecule has 56 heavy (non-hydrogen) atoms. The third-order valence-electron chi connectivity index (χ3n) is 8.79. The molecule has 0 aromatic carbocycles. The average molecular weight is 810 g/mol. The zero-order valence-corrected chi connectivity index (χ0v) is 35.6. The Balaban J connectivity index is 3.95. The number of phosphoric acid groups is 1. The number of carboxylic acid groups (broad SMARTS) is 1. The minimum atomic E-state index is -4.76. The Morgan fingerprint density at radius 2 is 1.04 bits per heavy atom. The van der Waals surface area contributed by atoms with Crippen LogP contribution in [0.15, 0.2) is 60.8 Å². The number of hydrogen-bond donors (Lipinski definition) is 4. The molecule has 0 aliphatic carbocycles. The number of carboxylic acids is 1. The monoisotopic (exact) mass is 810 g/mol. The number of aliphatic carboxylic acids is 1. The number of unbranched alkanes of at least 4 members (excludes halogenated alkanes) is 15. The standard InChI is InChI=1S/C44H76NO10P/c1-3-5-7-9-11-13-15-17-18-19-20-21-22-24-25-27-29-31-33-35-42(47)45-41(44(49)50)39-55-56(51,52)54-38-40(46)37-53-43(48)36-34-32-30-28-26-23-16-14-12-10-8-6-4-2/h6,8,11-14,17-18,23,26,40-41,46H,3-5,7,9-10,15-16,19-22,24-25,27-39H2,1-2H3,(H,45,47)(H,49,50)(H,51,52)/b8-6-,13-11-,14-12-,18-17-,26-23-. The third kappa shape index (κ3) is 38.1. The molecule has 0 rings (SSSR count). The van der Waals surface area contributed by atoms with Crippen LogP contribution in [0.2, 0.25) is 0 Å². The van der Waals surface area contributed by atoms with Crippen LogP contribution < -0.4 is 5.32 Å². The van der Waals surface area contributed by atoms with Crippen LogP contribution in [0.4, 0.5) is 0 Å². The molecule has 322 valence electrons. The molecule has 0 radical (unpaired) electrons. The van der Waals surface area contributed by atoms with Crippen LogP contribution in [-0.2, 0) is 32.7 Å². The first-order valence-electron chi connectivity index (χ1n) is 21.3. The van der Waals surface area contributed by atoms with Crippen LogP contribution in [0, 0.1) is 0 Å². The second kappa shape index (κ2) is 39.0. The lowest BCUT2D eigenvalue weighted by atomic mass is 10.1. The molecule has 4 N–H and O–H groups in total. The third-order valence-corrected chi connectivity index (χ3v) is 9.74. The number of rotatable bonds is 39. The Labute approximate surface area is 338 Å². The summed E-state index contributed by atoms with van der Waals surface area (Å²) in [6, 6.07) is -1.55. The Kier molecular flexibility index (Phi) is 37.1. The maximum Gasteiger partial charge on any atom is 0.472 e. The van der Waals surface area contributed by atoms with Gasteiger partial charge in [-0.25, -0.2) is 9.36 Å². The minimum absolute atomic E-state index is 0.136. The topological polar surface area (TPSA) is 169 Å². The molecule has 0 aromatic heterocycles. The smallest absolute Gasteiger partial charge is 0.472 e. The second-order valence-electron chi connectivity index (χ2n) is 14.1. The molecular weight excluding hydrogens is 733 g/mol. The van der Waals surface area contributed by atoms with Crippen molar-refractivity contribution < 1.29 is 47.8 Å². The van der Waals surface area contributed by atoms with Gasteiger partial charge in [0.25, 0.3) is 0 Å². The first-order chi connectivity index (χ1) is 27.1. The van der Waals surface area contributed by atoms with E-state index in [1.807, 2.05) is 0 Å². The molecule has 0 aliphatic rings. The summed E-state index contributed by atoms with van der Waals surface area (Å²) in [7, 11) is -4.76.